The quantitative estimate of drug-likeness (QED) is 0.441. The van der Waals surface area contributed by atoms with Gasteiger partial charge >= 0.3 is 14.2 Å². The first-order chi connectivity index (χ1) is 12.0. The third-order valence-corrected chi connectivity index (χ3v) is 3.54. The average Bonchev–Trinajstić information content (AvgIpc) is 2.53. The summed E-state index contributed by atoms with van der Waals surface area (Å²) in [5.41, 5.74) is 0.716. The van der Waals surface area contributed by atoms with Crippen molar-refractivity contribution in [1.29, 1.82) is 0 Å². The van der Waals surface area contributed by atoms with Crippen molar-refractivity contribution in [2.75, 3.05) is 14.2 Å². The molecular formula is C14H16B2F6N2O2. The van der Waals surface area contributed by atoms with Crippen molar-refractivity contribution in [1.82, 2.24) is 0 Å². The van der Waals surface area contributed by atoms with Gasteiger partial charge in [0.15, 0.2) is 11.5 Å². The topological polar surface area (TPSA) is 51.7 Å². The Labute approximate surface area is 145 Å². The van der Waals surface area contributed by atoms with E-state index in [2.05, 4.69) is 0 Å². The van der Waals surface area contributed by atoms with Gasteiger partial charge in [-0.25, -0.2) is 0 Å². The molecule has 0 amide bonds. The van der Waals surface area contributed by atoms with Crippen LogP contribution >= 0.6 is 0 Å². The first kappa shape index (κ1) is 20.0. The summed E-state index contributed by atoms with van der Waals surface area (Å²) in [5.74, 6) is 0.0184. The molecule has 142 valence electrons. The predicted molar refractivity (Wildman–Crippen MR) is 86.3 cm³/mol. The van der Waals surface area contributed by atoms with Gasteiger partial charge in [-0.3, -0.25) is 0 Å². The van der Waals surface area contributed by atoms with Crippen molar-refractivity contribution >= 4 is 25.6 Å². The van der Waals surface area contributed by atoms with E-state index in [0.29, 0.717) is 11.1 Å². The average molecular weight is 380 g/mol. The number of quaternary nitrogens is 2. The van der Waals surface area contributed by atoms with Gasteiger partial charge in [0.25, 0.3) is 0 Å². The van der Waals surface area contributed by atoms with Gasteiger partial charge < -0.3 is 45.8 Å². The number of halogens is 6. The maximum Gasteiger partial charge on any atom is 0.734 e. The summed E-state index contributed by atoms with van der Waals surface area (Å²) < 4.78 is 85.6. The summed E-state index contributed by atoms with van der Waals surface area (Å²) in [6.45, 7) is 0. The highest BCUT2D eigenvalue weighted by Gasteiger charge is 2.35. The molecule has 0 unspecified atom stereocenters. The second-order valence-electron chi connectivity index (χ2n) is 5.50. The van der Waals surface area contributed by atoms with Crippen LogP contribution in [0.2, 0.25) is 0 Å². The molecule has 0 aliphatic rings. The zero-order valence-electron chi connectivity index (χ0n) is 13.9. The van der Waals surface area contributed by atoms with Gasteiger partial charge in [0.2, 0.25) is 0 Å². The molecular weight excluding hydrogens is 364 g/mol. The molecule has 0 fully saturated rings. The number of hydrogen-bond acceptors (Lipinski definition) is 2. The summed E-state index contributed by atoms with van der Waals surface area (Å²) in [4.78, 5) is 0. The predicted octanol–water partition coefficient (Wildman–Crippen LogP) is 2.45. The van der Waals surface area contributed by atoms with E-state index in [1.54, 1.807) is 0 Å². The van der Waals surface area contributed by atoms with Gasteiger partial charge in [0.1, 0.15) is 11.4 Å². The Hall–Kier alpha value is -2.33. The minimum absolute atomic E-state index is 0.00920. The highest BCUT2D eigenvalue weighted by molar-refractivity contribution is 6.48. The molecule has 26 heavy (non-hydrogen) atoms. The molecule has 0 bridgehead atoms. The third kappa shape index (κ3) is 5.33. The zero-order chi connectivity index (χ0) is 19.5. The van der Waals surface area contributed by atoms with Crippen molar-refractivity contribution in [2.45, 2.75) is 0 Å². The monoisotopic (exact) mass is 380 g/mol. The van der Waals surface area contributed by atoms with Gasteiger partial charge in [0.05, 0.1) is 14.2 Å². The molecule has 0 aromatic heterocycles. The van der Waals surface area contributed by atoms with Crippen LogP contribution in [-0.4, -0.2) is 28.4 Å². The van der Waals surface area contributed by atoms with E-state index in [0.717, 1.165) is 0 Å². The first-order valence-electron chi connectivity index (χ1n) is 7.50. The van der Waals surface area contributed by atoms with Crippen molar-refractivity contribution in [3.8, 4) is 22.6 Å². The van der Waals surface area contributed by atoms with E-state index in [4.69, 9.17) is 9.47 Å². The van der Waals surface area contributed by atoms with Crippen LogP contribution in [-0.2, 0) is 0 Å². The van der Waals surface area contributed by atoms with Gasteiger partial charge in [0, 0.05) is 0 Å². The first-order valence-corrected chi connectivity index (χ1v) is 7.50. The Kier molecular flexibility index (Phi) is 5.77. The van der Waals surface area contributed by atoms with Gasteiger partial charge in [-0.15, -0.1) is 0 Å². The van der Waals surface area contributed by atoms with E-state index < -0.39 is 14.2 Å². The molecule has 2 aromatic carbocycles. The van der Waals surface area contributed by atoms with Crippen LogP contribution in [0.1, 0.15) is 0 Å². The summed E-state index contributed by atoms with van der Waals surface area (Å²) in [7, 11) is -7.80. The number of methoxy groups -OCH3 is 2. The molecule has 0 aliphatic carbocycles. The normalized spacial score (nSPS) is 12.2. The lowest BCUT2D eigenvalue weighted by Gasteiger charge is -2.16. The fourth-order valence-electron chi connectivity index (χ4n) is 2.46. The fraction of sp³-hybridized carbons (Fsp3) is 0.143. The Morgan fingerprint density at radius 1 is 0.654 bits per heavy atom. The van der Waals surface area contributed by atoms with E-state index in [1.165, 1.54) is 50.6 Å². The fourth-order valence-corrected chi connectivity index (χ4v) is 2.46. The Bertz CT molecular complexity index is 718. The maximum absolute atomic E-state index is 12.6. The van der Waals surface area contributed by atoms with Crippen molar-refractivity contribution in [3.05, 3.63) is 36.4 Å². The van der Waals surface area contributed by atoms with Crippen LogP contribution in [0.25, 0.3) is 11.1 Å². The minimum atomic E-state index is -5.14. The van der Waals surface area contributed by atoms with Crippen LogP contribution < -0.4 is 19.9 Å². The molecule has 0 saturated carbocycles. The molecule has 0 radical (unpaired) electrons. The van der Waals surface area contributed by atoms with E-state index in [1.807, 2.05) is 0 Å². The molecule has 12 heteroatoms. The van der Waals surface area contributed by atoms with E-state index >= 15 is 0 Å². The summed E-state index contributed by atoms with van der Waals surface area (Å²) >= 11 is 0. The Balaban J connectivity index is 2.39. The molecule has 0 aliphatic heterocycles. The third-order valence-electron chi connectivity index (χ3n) is 3.54. The van der Waals surface area contributed by atoms with Crippen LogP contribution in [0.3, 0.4) is 0 Å². The highest BCUT2D eigenvalue weighted by atomic mass is 19.4. The van der Waals surface area contributed by atoms with E-state index in [9.17, 15) is 25.9 Å². The molecule has 0 heterocycles. The molecule has 0 spiro atoms. The number of benzene rings is 2. The Morgan fingerprint density at radius 2 is 1.00 bits per heavy atom. The molecule has 2 aromatic rings. The number of nitrogens with two attached hydrogens (primary N) is 2. The second kappa shape index (κ2) is 7.50. The molecule has 2 rings (SSSR count). The standard InChI is InChI=1S/C14H16B2F6N2O2/c1-25-13-7-9(3-5-11(13)23-15(17,18)19)10-4-6-12(14(8-10)26-2)24-16(20,21)22/h3-8H,23-24H2,1-2H3. The largest absolute Gasteiger partial charge is 0.734 e. The number of rotatable bonds is 7. The lowest BCUT2D eigenvalue weighted by molar-refractivity contribution is -0.472. The van der Waals surface area contributed by atoms with Crippen molar-refractivity contribution < 1.29 is 45.8 Å². The van der Waals surface area contributed by atoms with Crippen molar-refractivity contribution in [3.63, 3.8) is 0 Å². The Morgan fingerprint density at radius 3 is 1.27 bits per heavy atom. The number of ether oxygens (including phenoxy) is 2. The van der Waals surface area contributed by atoms with Gasteiger partial charge in [-0.05, 0) is 47.5 Å². The molecule has 0 saturated heterocycles. The van der Waals surface area contributed by atoms with Gasteiger partial charge in [-0.2, -0.15) is 0 Å². The molecule has 0 atom stereocenters. The summed E-state index contributed by atoms with van der Waals surface area (Å²) in [6.07, 6.45) is 0. The lowest BCUT2D eigenvalue weighted by atomic mass is 10.0. The molecule has 4 nitrogen and oxygen atoms in total. The van der Waals surface area contributed by atoms with E-state index in [-0.39, 0.29) is 33.3 Å². The maximum atomic E-state index is 12.6. The second-order valence-corrected chi connectivity index (χ2v) is 5.50. The SMILES string of the molecule is COc1cc(-c2ccc([NH2+][B-](F)(F)F)c(OC)c2)ccc1[NH2+][B-](F)(F)F. The summed E-state index contributed by atoms with van der Waals surface area (Å²) in [6, 6.07) is 8.13. The highest BCUT2D eigenvalue weighted by Crippen LogP contribution is 2.32. The van der Waals surface area contributed by atoms with Crippen LogP contribution in [0.4, 0.5) is 37.3 Å². The van der Waals surface area contributed by atoms with Crippen LogP contribution in [0, 0.1) is 0 Å². The lowest BCUT2D eigenvalue weighted by Crippen LogP contribution is -2.91. The molecule has 4 N–H and O–H groups in total. The number of hydrogen-bond donors (Lipinski definition) is 2. The summed E-state index contributed by atoms with van der Waals surface area (Å²) in [5, 5.41) is 0.347. The smallest absolute Gasteiger partial charge is 0.491 e. The van der Waals surface area contributed by atoms with Crippen LogP contribution in [0.5, 0.6) is 11.5 Å². The van der Waals surface area contributed by atoms with Crippen LogP contribution in [0.15, 0.2) is 36.4 Å². The van der Waals surface area contributed by atoms with Gasteiger partial charge in [-0.1, -0.05) is 0 Å². The minimum Gasteiger partial charge on any atom is -0.491 e. The van der Waals surface area contributed by atoms with Crippen molar-refractivity contribution in [2.24, 2.45) is 0 Å². The zero-order valence-corrected chi connectivity index (χ0v) is 13.9.